The fourth-order valence-electron chi connectivity index (χ4n) is 3.22. The summed E-state index contributed by atoms with van der Waals surface area (Å²) in [6.45, 7) is 5.54. The molecule has 1 unspecified atom stereocenters. The minimum absolute atomic E-state index is 0.0377. The maximum absolute atomic E-state index is 12.2. The molecule has 3 rings (SSSR count). The molecule has 126 valence electrons. The van der Waals surface area contributed by atoms with Crippen LogP contribution in [0.3, 0.4) is 0 Å². The van der Waals surface area contributed by atoms with Crippen LogP contribution in [0.2, 0.25) is 0 Å². The Morgan fingerprint density at radius 1 is 1.21 bits per heavy atom. The molecule has 0 fully saturated rings. The predicted molar refractivity (Wildman–Crippen MR) is 97.8 cm³/mol. The topological polar surface area (TPSA) is 41.6 Å². The van der Waals surface area contributed by atoms with Crippen LogP contribution in [0.5, 0.6) is 5.75 Å². The van der Waals surface area contributed by atoms with Crippen molar-refractivity contribution in [3.8, 4) is 5.75 Å². The number of carbonyl (C=O) groups excluding carboxylic acids is 1. The van der Waals surface area contributed by atoms with E-state index in [1.54, 1.807) is 0 Å². The lowest BCUT2D eigenvalue weighted by molar-refractivity contribution is -0.116. The molecule has 1 aliphatic rings. The second-order valence-electron chi connectivity index (χ2n) is 6.13. The number of rotatable bonds is 6. The highest BCUT2D eigenvalue weighted by Gasteiger charge is 2.25. The summed E-state index contributed by atoms with van der Waals surface area (Å²) in [4.78, 5) is 14.6. The molecule has 24 heavy (non-hydrogen) atoms. The molecule has 1 aliphatic heterocycles. The van der Waals surface area contributed by atoms with E-state index in [1.165, 1.54) is 11.3 Å². The monoisotopic (exact) mass is 324 g/mol. The van der Waals surface area contributed by atoms with Gasteiger partial charge in [0.15, 0.2) is 0 Å². The van der Waals surface area contributed by atoms with Gasteiger partial charge < -0.3 is 15.0 Å². The Labute approximate surface area is 143 Å². The van der Waals surface area contributed by atoms with Crippen LogP contribution in [0.25, 0.3) is 0 Å². The summed E-state index contributed by atoms with van der Waals surface area (Å²) in [5, 5.41) is 2.95. The summed E-state index contributed by atoms with van der Waals surface area (Å²) in [5.41, 5.74) is 3.44. The van der Waals surface area contributed by atoms with Gasteiger partial charge in [-0.2, -0.15) is 0 Å². The second-order valence-corrected chi connectivity index (χ2v) is 6.13. The maximum atomic E-state index is 12.2. The van der Waals surface area contributed by atoms with Crippen molar-refractivity contribution >= 4 is 17.3 Å². The predicted octanol–water partition coefficient (Wildman–Crippen LogP) is 3.87. The molecule has 2 aromatic rings. The van der Waals surface area contributed by atoms with Crippen LogP contribution < -0.4 is 15.0 Å². The van der Waals surface area contributed by atoms with Crippen molar-refractivity contribution in [2.75, 3.05) is 23.4 Å². The minimum atomic E-state index is 0.0377. The number of benzene rings is 2. The zero-order valence-corrected chi connectivity index (χ0v) is 14.3. The van der Waals surface area contributed by atoms with Crippen LogP contribution in [0, 0.1) is 0 Å². The van der Waals surface area contributed by atoms with E-state index in [9.17, 15) is 4.79 Å². The lowest BCUT2D eigenvalue weighted by Gasteiger charge is -2.24. The van der Waals surface area contributed by atoms with Gasteiger partial charge in [0.1, 0.15) is 5.75 Å². The first-order valence-corrected chi connectivity index (χ1v) is 8.54. The molecule has 0 bridgehead atoms. The summed E-state index contributed by atoms with van der Waals surface area (Å²) in [6.07, 6.45) is 1.53. The van der Waals surface area contributed by atoms with Crippen LogP contribution in [0.15, 0.2) is 48.5 Å². The molecule has 1 amide bonds. The van der Waals surface area contributed by atoms with Crippen LogP contribution in [-0.2, 0) is 11.2 Å². The lowest BCUT2D eigenvalue weighted by atomic mass is 10.1. The van der Waals surface area contributed by atoms with E-state index in [1.807, 2.05) is 31.2 Å². The van der Waals surface area contributed by atoms with Gasteiger partial charge in [-0.25, -0.2) is 0 Å². The number of carbonyl (C=O) groups is 1. The molecule has 0 spiro atoms. The summed E-state index contributed by atoms with van der Waals surface area (Å²) in [7, 11) is 0. The molecule has 0 aromatic heterocycles. The van der Waals surface area contributed by atoms with Crippen molar-refractivity contribution in [2.24, 2.45) is 0 Å². The number of anilines is 2. The second kappa shape index (κ2) is 7.39. The molecular formula is C20H24N2O2. The average Bonchev–Trinajstić information content (AvgIpc) is 2.90. The smallest absolute Gasteiger partial charge is 0.226 e. The third-order valence-corrected chi connectivity index (χ3v) is 4.38. The van der Waals surface area contributed by atoms with Gasteiger partial charge in [0.2, 0.25) is 5.91 Å². The fraction of sp³-hybridized carbons (Fsp3) is 0.350. The van der Waals surface area contributed by atoms with Crippen molar-refractivity contribution in [3.63, 3.8) is 0 Å². The molecule has 4 heteroatoms. The zero-order valence-electron chi connectivity index (χ0n) is 14.3. The van der Waals surface area contributed by atoms with Gasteiger partial charge in [0.25, 0.3) is 0 Å². The zero-order chi connectivity index (χ0) is 16.9. The van der Waals surface area contributed by atoms with Gasteiger partial charge in [-0.15, -0.1) is 0 Å². The third kappa shape index (κ3) is 3.70. The first-order valence-electron chi connectivity index (χ1n) is 8.54. The number of amides is 1. The number of hydrogen-bond acceptors (Lipinski definition) is 3. The standard InChI is InChI=1S/C20H24N2O2/c1-3-24-18-10-8-17(9-11-18)21-20(23)12-13-22-15(2)14-16-6-4-5-7-19(16)22/h4-11,15H,3,12-14H2,1-2H3,(H,21,23). The first-order chi connectivity index (χ1) is 11.7. The Kier molecular flexibility index (Phi) is 5.04. The molecule has 1 atom stereocenters. The number of ether oxygens (including phenoxy) is 1. The van der Waals surface area contributed by atoms with Crippen molar-refractivity contribution in [1.29, 1.82) is 0 Å². The van der Waals surface area contributed by atoms with E-state index >= 15 is 0 Å². The maximum Gasteiger partial charge on any atom is 0.226 e. The summed E-state index contributed by atoms with van der Waals surface area (Å²) in [5.74, 6) is 0.855. The SMILES string of the molecule is CCOc1ccc(NC(=O)CCN2c3ccccc3CC2C)cc1. The minimum Gasteiger partial charge on any atom is -0.494 e. The number of para-hydroxylation sites is 1. The van der Waals surface area contributed by atoms with Crippen LogP contribution in [0.4, 0.5) is 11.4 Å². The van der Waals surface area contributed by atoms with Crippen molar-refractivity contribution < 1.29 is 9.53 Å². The quantitative estimate of drug-likeness (QED) is 0.877. The van der Waals surface area contributed by atoms with Gasteiger partial charge in [-0.05, 0) is 56.2 Å². The Bertz CT molecular complexity index is 697. The van der Waals surface area contributed by atoms with Gasteiger partial charge in [0.05, 0.1) is 6.61 Å². The van der Waals surface area contributed by atoms with E-state index in [4.69, 9.17) is 4.74 Å². The Morgan fingerprint density at radius 2 is 1.96 bits per heavy atom. The first kappa shape index (κ1) is 16.4. The molecule has 0 aliphatic carbocycles. The van der Waals surface area contributed by atoms with E-state index in [0.717, 1.165) is 24.4 Å². The highest BCUT2D eigenvalue weighted by atomic mass is 16.5. The van der Waals surface area contributed by atoms with E-state index in [0.29, 0.717) is 19.1 Å². The van der Waals surface area contributed by atoms with E-state index in [2.05, 4.69) is 41.4 Å². The number of nitrogens with one attached hydrogen (secondary N) is 1. The molecule has 1 N–H and O–H groups in total. The number of hydrogen-bond donors (Lipinski definition) is 1. The Hall–Kier alpha value is -2.49. The van der Waals surface area contributed by atoms with Crippen molar-refractivity contribution in [3.05, 3.63) is 54.1 Å². The molecular weight excluding hydrogens is 300 g/mol. The third-order valence-electron chi connectivity index (χ3n) is 4.38. The molecule has 2 aromatic carbocycles. The van der Waals surface area contributed by atoms with Crippen molar-refractivity contribution in [1.82, 2.24) is 0 Å². The number of fused-ring (bicyclic) bond motifs is 1. The van der Waals surface area contributed by atoms with Crippen LogP contribution in [0.1, 0.15) is 25.8 Å². The van der Waals surface area contributed by atoms with Gasteiger partial charge in [-0.1, -0.05) is 18.2 Å². The Balaban J connectivity index is 1.54. The average molecular weight is 324 g/mol. The highest BCUT2D eigenvalue weighted by Crippen LogP contribution is 2.31. The van der Waals surface area contributed by atoms with Crippen LogP contribution in [-0.4, -0.2) is 25.1 Å². The fourth-order valence-corrected chi connectivity index (χ4v) is 3.22. The van der Waals surface area contributed by atoms with Crippen molar-refractivity contribution in [2.45, 2.75) is 32.7 Å². The Morgan fingerprint density at radius 3 is 2.71 bits per heavy atom. The molecule has 1 heterocycles. The summed E-state index contributed by atoms with van der Waals surface area (Å²) in [6, 6.07) is 16.4. The van der Waals surface area contributed by atoms with Gasteiger partial charge in [0, 0.05) is 30.4 Å². The lowest BCUT2D eigenvalue weighted by Crippen LogP contribution is -2.32. The van der Waals surface area contributed by atoms with Gasteiger partial charge in [-0.3, -0.25) is 4.79 Å². The highest BCUT2D eigenvalue weighted by molar-refractivity contribution is 5.91. The van der Waals surface area contributed by atoms with E-state index in [-0.39, 0.29) is 5.91 Å². The molecule has 0 saturated carbocycles. The molecule has 0 saturated heterocycles. The number of nitrogens with zero attached hydrogens (tertiary/aromatic N) is 1. The summed E-state index contributed by atoms with van der Waals surface area (Å²) < 4.78 is 5.41. The molecule has 4 nitrogen and oxygen atoms in total. The van der Waals surface area contributed by atoms with Gasteiger partial charge >= 0.3 is 0 Å². The largest absolute Gasteiger partial charge is 0.494 e. The summed E-state index contributed by atoms with van der Waals surface area (Å²) >= 11 is 0. The molecule has 0 radical (unpaired) electrons. The van der Waals surface area contributed by atoms with Crippen LogP contribution >= 0.6 is 0 Å². The van der Waals surface area contributed by atoms with E-state index < -0.39 is 0 Å². The normalized spacial score (nSPS) is 15.9.